The molecule has 0 radical (unpaired) electrons. The van der Waals surface area contributed by atoms with E-state index in [1.54, 1.807) is 19.9 Å². The standard InChI is InChI=1S/C29H38F3N3O3/c1-28(2,31)19-35-15-11-20(12-16-35)18-38-25-10-9-21(17-23(25)30)22-7-3-5-13-29(22,32)27(37)34-26(36)24-8-4-6-14-33-24/h3,5,7,9-10,17,20,24,33H,4,6,8,11-16,18-19H2,1-2H3,(H,34,36,37). The Morgan fingerprint density at radius 1 is 1.21 bits per heavy atom. The summed E-state index contributed by atoms with van der Waals surface area (Å²) in [6.45, 7) is 6.08. The summed E-state index contributed by atoms with van der Waals surface area (Å²) >= 11 is 0. The minimum Gasteiger partial charge on any atom is -0.490 e. The predicted molar refractivity (Wildman–Crippen MR) is 141 cm³/mol. The number of allylic oxidation sites excluding steroid dienone is 3. The molecule has 0 saturated carbocycles. The third-order valence-corrected chi connectivity index (χ3v) is 7.47. The number of amides is 2. The van der Waals surface area contributed by atoms with Gasteiger partial charge in [0, 0.05) is 18.5 Å². The molecule has 2 amide bonds. The molecule has 38 heavy (non-hydrogen) atoms. The molecule has 1 aliphatic carbocycles. The second-order valence-corrected chi connectivity index (χ2v) is 11.2. The van der Waals surface area contributed by atoms with Crippen molar-refractivity contribution in [3.8, 4) is 5.75 Å². The molecule has 2 aliphatic heterocycles. The zero-order chi connectivity index (χ0) is 27.3. The molecule has 0 spiro atoms. The third-order valence-electron chi connectivity index (χ3n) is 7.47. The van der Waals surface area contributed by atoms with Gasteiger partial charge in [-0.3, -0.25) is 14.9 Å². The van der Waals surface area contributed by atoms with Crippen molar-refractivity contribution in [1.29, 1.82) is 0 Å². The molecule has 2 N–H and O–H groups in total. The topological polar surface area (TPSA) is 70.7 Å². The highest BCUT2D eigenvalue weighted by atomic mass is 19.1. The van der Waals surface area contributed by atoms with Gasteiger partial charge in [-0.1, -0.05) is 30.7 Å². The molecule has 2 saturated heterocycles. The fraction of sp³-hybridized carbons (Fsp3) is 0.586. The van der Waals surface area contributed by atoms with Crippen LogP contribution < -0.4 is 15.4 Å². The van der Waals surface area contributed by atoms with Crippen molar-refractivity contribution >= 4 is 17.4 Å². The number of halogens is 3. The number of carbonyl (C=O) groups excluding carboxylic acids is 2. The fourth-order valence-electron chi connectivity index (χ4n) is 5.39. The molecule has 0 bridgehead atoms. The summed E-state index contributed by atoms with van der Waals surface area (Å²) in [7, 11) is 0. The van der Waals surface area contributed by atoms with Crippen LogP contribution in [0.5, 0.6) is 5.75 Å². The Kier molecular flexibility index (Phi) is 8.98. The van der Waals surface area contributed by atoms with Crippen molar-refractivity contribution in [2.24, 2.45) is 5.92 Å². The maximum absolute atomic E-state index is 16.1. The van der Waals surface area contributed by atoms with E-state index in [0.29, 0.717) is 26.1 Å². The van der Waals surface area contributed by atoms with Crippen molar-refractivity contribution in [2.75, 3.05) is 32.8 Å². The number of rotatable bonds is 8. The number of piperidine rings is 2. The van der Waals surface area contributed by atoms with Crippen molar-refractivity contribution < 1.29 is 27.5 Å². The second-order valence-electron chi connectivity index (χ2n) is 11.2. The quantitative estimate of drug-likeness (QED) is 0.482. The Hall–Kier alpha value is -2.65. The van der Waals surface area contributed by atoms with Crippen LogP contribution in [-0.2, 0) is 9.59 Å². The van der Waals surface area contributed by atoms with E-state index < -0.39 is 35.0 Å². The van der Waals surface area contributed by atoms with Crippen LogP contribution in [0.2, 0.25) is 0 Å². The zero-order valence-electron chi connectivity index (χ0n) is 22.2. The lowest BCUT2D eigenvalue weighted by Gasteiger charge is -2.34. The molecule has 1 aromatic rings. The van der Waals surface area contributed by atoms with Crippen LogP contribution in [0.4, 0.5) is 13.2 Å². The number of benzene rings is 1. The highest BCUT2D eigenvalue weighted by molar-refractivity contribution is 6.08. The largest absolute Gasteiger partial charge is 0.490 e. The molecule has 1 aromatic carbocycles. The molecule has 4 rings (SSSR count). The fourth-order valence-corrected chi connectivity index (χ4v) is 5.39. The molecule has 6 nitrogen and oxygen atoms in total. The van der Waals surface area contributed by atoms with Crippen molar-refractivity contribution in [2.45, 2.75) is 69.8 Å². The maximum atomic E-state index is 16.1. The Balaban J connectivity index is 1.37. The number of nitrogens with one attached hydrogen (secondary N) is 2. The molecule has 208 valence electrons. The number of alkyl halides is 2. The summed E-state index contributed by atoms with van der Waals surface area (Å²) in [4.78, 5) is 27.6. The second kappa shape index (κ2) is 12.0. The average Bonchev–Trinajstić information content (AvgIpc) is 2.88. The van der Waals surface area contributed by atoms with E-state index in [4.69, 9.17) is 4.74 Å². The van der Waals surface area contributed by atoms with Gasteiger partial charge in [0.2, 0.25) is 11.6 Å². The van der Waals surface area contributed by atoms with E-state index in [0.717, 1.165) is 38.8 Å². The van der Waals surface area contributed by atoms with Crippen LogP contribution in [0.1, 0.15) is 57.9 Å². The van der Waals surface area contributed by atoms with Gasteiger partial charge in [0.25, 0.3) is 5.91 Å². The normalized spacial score (nSPS) is 25.1. The summed E-state index contributed by atoms with van der Waals surface area (Å²) in [6, 6.07) is 3.61. The highest BCUT2D eigenvalue weighted by Gasteiger charge is 2.44. The number of nitrogens with zero attached hydrogens (tertiary/aromatic N) is 1. The van der Waals surface area contributed by atoms with E-state index in [1.807, 2.05) is 0 Å². The van der Waals surface area contributed by atoms with Crippen molar-refractivity contribution in [3.05, 3.63) is 47.8 Å². The van der Waals surface area contributed by atoms with Crippen LogP contribution >= 0.6 is 0 Å². The van der Waals surface area contributed by atoms with Crippen molar-refractivity contribution in [3.63, 3.8) is 0 Å². The van der Waals surface area contributed by atoms with Gasteiger partial charge >= 0.3 is 0 Å². The summed E-state index contributed by atoms with van der Waals surface area (Å²) in [5, 5.41) is 5.27. The number of hydrogen-bond acceptors (Lipinski definition) is 5. The average molecular weight is 534 g/mol. The lowest BCUT2D eigenvalue weighted by Crippen LogP contribution is -2.53. The minimum absolute atomic E-state index is 0.00416. The molecule has 2 atom stereocenters. The van der Waals surface area contributed by atoms with Crippen LogP contribution in [-0.4, -0.2) is 66.9 Å². The van der Waals surface area contributed by atoms with Gasteiger partial charge in [-0.2, -0.15) is 0 Å². The summed E-state index contributed by atoms with van der Waals surface area (Å²) in [5.74, 6) is -1.96. The molecule has 2 unspecified atom stereocenters. The highest BCUT2D eigenvalue weighted by Crippen LogP contribution is 2.38. The van der Waals surface area contributed by atoms with Crippen LogP contribution in [0.25, 0.3) is 5.57 Å². The SMILES string of the molecule is CC(C)(F)CN1CCC(COc2ccc(C3=CC=CCC3(F)C(=O)NC(=O)C3CCCCN3)cc2F)CC1. The third kappa shape index (κ3) is 7.05. The van der Waals surface area contributed by atoms with E-state index in [1.165, 1.54) is 30.4 Å². The van der Waals surface area contributed by atoms with E-state index >= 15 is 8.78 Å². The molecule has 2 fully saturated rings. The first kappa shape index (κ1) is 28.4. The number of ether oxygens (including phenoxy) is 1. The number of likely N-dealkylation sites (tertiary alicyclic amines) is 1. The summed E-state index contributed by atoms with van der Waals surface area (Å²) < 4.78 is 50.8. The van der Waals surface area contributed by atoms with Gasteiger partial charge in [-0.25, -0.2) is 13.2 Å². The van der Waals surface area contributed by atoms with Gasteiger partial charge < -0.3 is 15.0 Å². The van der Waals surface area contributed by atoms with Gasteiger partial charge in [0.1, 0.15) is 5.67 Å². The molecule has 0 aromatic heterocycles. The smallest absolute Gasteiger partial charge is 0.269 e. The monoisotopic (exact) mass is 533 g/mol. The first-order chi connectivity index (χ1) is 18.0. The number of carbonyl (C=O) groups is 2. The Labute approximate surface area is 222 Å². The summed E-state index contributed by atoms with van der Waals surface area (Å²) in [5.41, 5.74) is -3.54. The van der Waals surface area contributed by atoms with Crippen molar-refractivity contribution in [1.82, 2.24) is 15.5 Å². The first-order valence-electron chi connectivity index (χ1n) is 13.5. The predicted octanol–water partition coefficient (Wildman–Crippen LogP) is 4.50. The van der Waals surface area contributed by atoms with Gasteiger partial charge in [-0.15, -0.1) is 0 Å². The van der Waals surface area contributed by atoms with E-state index in [-0.39, 0.29) is 29.2 Å². The minimum atomic E-state index is -2.50. The number of hydrogen-bond donors (Lipinski definition) is 2. The van der Waals surface area contributed by atoms with E-state index in [9.17, 15) is 14.0 Å². The summed E-state index contributed by atoms with van der Waals surface area (Å²) in [6.07, 6.45) is 8.38. The molecular formula is C29H38F3N3O3. The Bertz CT molecular complexity index is 1070. The lowest BCUT2D eigenvalue weighted by atomic mass is 9.83. The van der Waals surface area contributed by atoms with Crippen LogP contribution in [0, 0.1) is 11.7 Å². The van der Waals surface area contributed by atoms with Gasteiger partial charge in [-0.05, 0) is 82.8 Å². The first-order valence-corrected chi connectivity index (χ1v) is 13.5. The Morgan fingerprint density at radius 3 is 2.63 bits per heavy atom. The lowest BCUT2D eigenvalue weighted by molar-refractivity contribution is -0.136. The van der Waals surface area contributed by atoms with Gasteiger partial charge in [0.05, 0.1) is 12.6 Å². The van der Waals surface area contributed by atoms with Crippen LogP contribution in [0.15, 0.2) is 36.4 Å². The molecule has 3 aliphatic rings. The van der Waals surface area contributed by atoms with Crippen LogP contribution in [0.3, 0.4) is 0 Å². The molecular weight excluding hydrogens is 495 g/mol. The Morgan fingerprint density at radius 2 is 1.97 bits per heavy atom. The number of imide groups is 1. The van der Waals surface area contributed by atoms with Gasteiger partial charge in [0.15, 0.2) is 11.6 Å². The van der Waals surface area contributed by atoms with E-state index in [2.05, 4.69) is 15.5 Å². The molecule has 2 heterocycles. The zero-order valence-corrected chi connectivity index (χ0v) is 22.2. The maximum Gasteiger partial charge on any atom is 0.269 e. The molecule has 9 heteroatoms.